The molecule has 0 spiro atoms. The summed E-state index contributed by atoms with van der Waals surface area (Å²) in [6.07, 6.45) is 0.218. The number of ether oxygens (including phenoxy) is 1. The Balaban J connectivity index is 1.82. The van der Waals surface area contributed by atoms with Crippen LogP contribution in [0.25, 0.3) is 0 Å². The minimum Gasteiger partial charge on any atom is -0.389 e. The molecule has 0 saturated carbocycles. The van der Waals surface area contributed by atoms with E-state index in [-0.39, 0.29) is 36.3 Å². The first kappa shape index (κ1) is 20.0. The van der Waals surface area contributed by atoms with Crippen LogP contribution in [0.15, 0.2) is 30.3 Å². The number of rotatable bonds is 7. The fourth-order valence-electron chi connectivity index (χ4n) is 3.13. The molecule has 28 heavy (non-hydrogen) atoms. The molecule has 0 fully saturated rings. The Labute approximate surface area is 164 Å². The van der Waals surface area contributed by atoms with Crippen LogP contribution in [-0.4, -0.2) is 64.5 Å². The molecular formula is C20H26N4O4. The van der Waals surface area contributed by atoms with Gasteiger partial charge in [-0.1, -0.05) is 31.2 Å². The van der Waals surface area contributed by atoms with Crippen molar-refractivity contribution in [1.82, 2.24) is 20.0 Å². The van der Waals surface area contributed by atoms with Gasteiger partial charge in [0.1, 0.15) is 5.69 Å². The van der Waals surface area contributed by atoms with Gasteiger partial charge in [-0.3, -0.25) is 14.3 Å². The summed E-state index contributed by atoms with van der Waals surface area (Å²) in [7, 11) is 1.59. The summed E-state index contributed by atoms with van der Waals surface area (Å²) < 4.78 is 6.54. The molecule has 1 aromatic carbocycles. The van der Waals surface area contributed by atoms with Crippen molar-refractivity contribution in [2.45, 2.75) is 32.5 Å². The molecule has 0 unspecified atom stereocenters. The van der Waals surface area contributed by atoms with E-state index in [1.807, 2.05) is 12.1 Å². The third-order valence-electron chi connectivity index (χ3n) is 4.77. The van der Waals surface area contributed by atoms with Gasteiger partial charge in [-0.05, 0) is 17.5 Å². The number of aromatic nitrogens is 2. The van der Waals surface area contributed by atoms with Crippen LogP contribution in [-0.2, 0) is 24.2 Å². The molecule has 1 aliphatic rings. The molecule has 2 N–H and O–H groups in total. The zero-order chi connectivity index (χ0) is 20.1. The number of hydrogen-bond acceptors (Lipinski definition) is 5. The summed E-state index contributed by atoms with van der Waals surface area (Å²) in [5.74, 6) is -0.624. The molecule has 0 bridgehead atoms. The first-order valence-corrected chi connectivity index (χ1v) is 9.42. The van der Waals surface area contributed by atoms with Crippen LogP contribution >= 0.6 is 0 Å². The van der Waals surface area contributed by atoms with Gasteiger partial charge in [0.25, 0.3) is 11.8 Å². The number of aliphatic hydroxyl groups excluding tert-OH is 1. The van der Waals surface area contributed by atoms with Gasteiger partial charge in [0, 0.05) is 32.8 Å². The second-order valence-corrected chi connectivity index (χ2v) is 6.85. The molecule has 1 atom stereocenters. The Morgan fingerprint density at radius 2 is 2.07 bits per heavy atom. The molecular weight excluding hydrogens is 360 g/mol. The van der Waals surface area contributed by atoms with E-state index in [2.05, 4.69) is 29.5 Å². The lowest BCUT2D eigenvalue weighted by molar-refractivity contribution is 0.0672. The number of fused-ring (bicyclic) bond motifs is 1. The Morgan fingerprint density at radius 1 is 1.36 bits per heavy atom. The van der Waals surface area contributed by atoms with E-state index in [4.69, 9.17) is 4.74 Å². The largest absolute Gasteiger partial charge is 0.389 e. The van der Waals surface area contributed by atoms with Crippen molar-refractivity contribution in [3.05, 3.63) is 52.8 Å². The highest BCUT2D eigenvalue weighted by Crippen LogP contribution is 2.14. The first-order valence-electron chi connectivity index (χ1n) is 9.42. The van der Waals surface area contributed by atoms with E-state index in [1.54, 1.807) is 12.0 Å². The average Bonchev–Trinajstić information content (AvgIpc) is 3.07. The van der Waals surface area contributed by atoms with E-state index >= 15 is 0 Å². The molecule has 1 aromatic heterocycles. The standard InChI is InChI=1S/C20H26N4O4/c1-3-14-4-6-15(7-5-14)12-23(8-9-28-2)20(27)17-10-18-19(26)21-11-16(25)13-24(18)22-17/h4-7,10,16,25H,3,8-9,11-13H2,1-2H3,(H,21,26)/t16-/m0/s1. The van der Waals surface area contributed by atoms with Crippen molar-refractivity contribution >= 4 is 11.8 Å². The van der Waals surface area contributed by atoms with Gasteiger partial charge in [-0.25, -0.2) is 0 Å². The molecule has 0 aliphatic carbocycles. The van der Waals surface area contributed by atoms with Crippen molar-refractivity contribution in [3.8, 4) is 0 Å². The zero-order valence-corrected chi connectivity index (χ0v) is 16.2. The summed E-state index contributed by atoms with van der Waals surface area (Å²) in [6, 6.07) is 9.61. The van der Waals surface area contributed by atoms with Gasteiger partial charge >= 0.3 is 0 Å². The van der Waals surface area contributed by atoms with E-state index in [9.17, 15) is 14.7 Å². The van der Waals surface area contributed by atoms with Crippen molar-refractivity contribution in [2.75, 3.05) is 26.8 Å². The number of amides is 2. The van der Waals surface area contributed by atoms with Gasteiger partial charge in [0.2, 0.25) is 0 Å². The third kappa shape index (κ3) is 4.58. The van der Waals surface area contributed by atoms with Crippen LogP contribution in [0.2, 0.25) is 0 Å². The molecule has 0 radical (unpaired) electrons. The number of hydrogen-bond donors (Lipinski definition) is 2. The van der Waals surface area contributed by atoms with Crippen molar-refractivity contribution in [2.24, 2.45) is 0 Å². The van der Waals surface area contributed by atoms with Crippen LogP contribution in [0.5, 0.6) is 0 Å². The van der Waals surface area contributed by atoms with E-state index in [1.165, 1.54) is 16.3 Å². The number of methoxy groups -OCH3 is 1. The number of nitrogens with one attached hydrogen (secondary N) is 1. The Bertz CT molecular complexity index is 831. The third-order valence-corrected chi connectivity index (χ3v) is 4.77. The van der Waals surface area contributed by atoms with Crippen molar-refractivity contribution < 1.29 is 19.4 Å². The topological polar surface area (TPSA) is 96.7 Å². The maximum atomic E-state index is 13.1. The lowest BCUT2D eigenvalue weighted by atomic mass is 10.1. The molecule has 2 heterocycles. The number of aryl methyl sites for hydroxylation is 1. The second-order valence-electron chi connectivity index (χ2n) is 6.85. The van der Waals surface area contributed by atoms with Crippen molar-refractivity contribution in [3.63, 3.8) is 0 Å². The predicted molar refractivity (Wildman–Crippen MR) is 103 cm³/mol. The number of benzene rings is 1. The van der Waals surface area contributed by atoms with E-state index in [0.29, 0.717) is 19.7 Å². The van der Waals surface area contributed by atoms with Crippen LogP contribution in [0.3, 0.4) is 0 Å². The molecule has 8 heteroatoms. The molecule has 150 valence electrons. The SMILES string of the molecule is CCc1ccc(CN(CCOC)C(=O)c2cc3n(n2)C[C@@H](O)CNC3=O)cc1. The summed E-state index contributed by atoms with van der Waals surface area (Å²) >= 11 is 0. The minimum absolute atomic E-state index is 0.165. The molecule has 0 saturated heterocycles. The number of β-amino-alcohol motifs (C(OH)–C–C–N with tert-alkyl or cyclic N) is 1. The van der Waals surface area contributed by atoms with Gasteiger partial charge in [-0.15, -0.1) is 0 Å². The van der Waals surface area contributed by atoms with Crippen molar-refractivity contribution in [1.29, 1.82) is 0 Å². The van der Waals surface area contributed by atoms with Gasteiger partial charge in [0.05, 0.1) is 19.3 Å². The first-order chi connectivity index (χ1) is 13.5. The average molecular weight is 386 g/mol. The zero-order valence-electron chi connectivity index (χ0n) is 16.2. The van der Waals surface area contributed by atoms with Gasteiger partial charge in [-0.2, -0.15) is 5.10 Å². The Hall–Kier alpha value is -2.71. The molecule has 2 amide bonds. The van der Waals surface area contributed by atoms with E-state index in [0.717, 1.165) is 12.0 Å². The lowest BCUT2D eigenvalue weighted by Gasteiger charge is -2.22. The number of nitrogens with zero attached hydrogens (tertiary/aromatic N) is 3. The smallest absolute Gasteiger partial charge is 0.274 e. The summed E-state index contributed by atoms with van der Waals surface area (Å²) in [6.45, 7) is 3.65. The Kier molecular flexibility index (Phi) is 6.43. The highest BCUT2D eigenvalue weighted by Gasteiger charge is 2.26. The normalized spacial score (nSPS) is 16.2. The highest BCUT2D eigenvalue weighted by molar-refractivity contribution is 5.98. The maximum Gasteiger partial charge on any atom is 0.274 e. The fourth-order valence-corrected chi connectivity index (χ4v) is 3.13. The maximum absolute atomic E-state index is 13.1. The Morgan fingerprint density at radius 3 is 2.75 bits per heavy atom. The molecule has 8 nitrogen and oxygen atoms in total. The lowest BCUT2D eigenvalue weighted by Crippen LogP contribution is -2.34. The predicted octanol–water partition coefficient (Wildman–Crippen LogP) is 0.839. The van der Waals surface area contributed by atoms with E-state index < -0.39 is 6.10 Å². The fraction of sp³-hybridized carbons (Fsp3) is 0.450. The molecule has 3 rings (SSSR count). The van der Waals surface area contributed by atoms with Gasteiger partial charge < -0.3 is 20.1 Å². The number of carbonyl (C=O) groups excluding carboxylic acids is 2. The van der Waals surface area contributed by atoms with Crippen LogP contribution in [0.1, 0.15) is 39.0 Å². The summed E-state index contributed by atoms with van der Waals surface area (Å²) in [5, 5.41) is 16.8. The quantitative estimate of drug-likeness (QED) is 0.735. The van der Waals surface area contributed by atoms with Crippen LogP contribution in [0, 0.1) is 0 Å². The molecule has 1 aliphatic heterocycles. The second kappa shape index (κ2) is 8.99. The highest BCUT2D eigenvalue weighted by atomic mass is 16.5. The number of carbonyl (C=O) groups is 2. The minimum atomic E-state index is -0.741. The summed E-state index contributed by atoms with van der Waals surface area (Å²) in [5.41, 5.74) is 2.70. The van der Waals surface area contributed by atoms with Crippen LogP contribution < -0.4 is 5.32 Å². The monoisotopic (exact) mass is 386 g/mol. The van der Waals surface area contributed by atoms with Gasteiger partial charge in [0.15, 0.2) is 5.69 Å². The van der Waals surface area contributed by atoms with Crippen LogP contribution in [0.4, 0.5) is 0 Å². The number of aliphatic hydroxyl groups is 1. The molecule has 2 aromatic rings. The summed E-state index contributed by atoms with van der Waals surface area (Å²) in [4.78, 5) is 26.9.